The van der Waals surface area contributed by atoms with Crippen molar-refractivity contribution in [3.8, 4) is 0 Å². The van der Waals surface area contributed by atoms with Gasteiger partial charge in [0.25, 0.3) is 0 Å². The first-order valence-corrected chi connectivity index (χ1v) is 22.7. The summed E-state index contributed by atoms with van der Waals surface area (Å²) in [5.41, 5.74) is 11.7. The molecule has 0 aliphatic heterocycles. The molecule has 0 radical (unpaired) electrons. The Kier molecular flexibility index (Phi) is 14.9. The molecule has 0 fully saturated rings. The fourth-order valence-corrected chi connectivity index (χ4v) is 10.6. The number of aromatic nitrogens is 2. The van der Waals surface area contributed by atoms with E-state index in [1.54, 1.807) is 36.9 Å². The first kappa shape index (κ1) is 42.9. The molecule has 0 bridgehead atoms. The Morgan fingerprint density at radius 2 is 1.03 bits per heavy atom. The highest BCUT2D eigenvalue weighted by Crippen LogP contribution is 2.40. The van der Waals surface area contributed by atoms with E-state index in [1.165, 1.54) is 92.9 Å². The number of hydrogen-bond donors (Lipinski definition) is 0. The fourth-order valence-electron chi connectivity index (χ4n) is 8.64. The van der Waals surface area contributed by atoms with Gasteiger partial charge in [-0.25, -0.2) is 9.59 Å². The van der Waals surface area contributed by atoms with Gasteiger partial charge in [0.1, 0.15) is 0 Å². The second-order valence-electron chi connectivity index (χ2n) is 15.8. The minimum absolute atomic E-state index is 0.283. The quantitative estimate of drug-likeness (QED) is 0.113. The van der Waals surface area contributed by atoms with Crippen LogP contribution in [0.3, 0.4) is 0 Å². The van der Waals surface area contributed by atoms with Gasteiger partial charge in [-0.3, -0.25) is 9.97 Å². The Hall–Kier alpha value is -5.18. The van der Waals surface area contributed by atoms with Crippen LogP contribution >= 0.6 is 23.5 Å². The third-order valence-corrected chi connectivity index (χ3v) is 14.2. The number of nitrogens with zero attached hydrogens (tertiary/aromatic N) is 2. The van der Waals surface area contributed by atoms with Crippen LogP contribution in [0.2, 0.25) is 0 Å². The van der Waals surface area contributed by atoms with Crippen molar-refractivity contribution < 1.29 is 19.1 Å². The number of fused-ring (bicyclic) bond motifs is 2. The van der Waals surface area contributed by atoms with Crippen molar-refractivity contribution in [2.75, 3.05) is 14.2 Å². The molecule has 2 atom stereocenters. The summed E-state index contributed by atoms with van der Waals surface area (Å²) in [6, 6.07) is 34.5. The molecule has 0 unspecified atom stereocenters. The lowest BCUT2D eigenvalue weighted by atomic mass is 9.80. The molecule has 0 spiro atoms. The van der Waals surface area contributed by atoms with Crippen LogP contribution < -0.4 is 0 Å². The first-order valence-electron chi connectivity index (χ1n) is 21.1. The molecular formula is C52H54N2O4S2. The van der Waals surface area contributed by atoms with E-state index in [1.807, 2.05) is 23.5 Å². The van der Waals surface area contributed by atoms with Gasteiger partial charge in [0.15, 0.2) is 0 Å². The summed E-state index contributed by atoms with van der Waals surface area (Å²) in [6.07, 6.45) is 17.7. The molecule has 60 heavy (non-hydrogen) atoms. The SMILES string of the molecule is COC(=O)c1ccncc1CC[C@@H]1CCCc2cc(Sc3ccccc3C)ccc21.COC(=O)c1ccncc1CC[C@H]1CCCc2cc(Sc3ccccc3C)ccc21. The maximum absolute atomic E-state index is 12.0. The van der Waals surface area contributed by atoms with Crippen LogP contribution in [0, 0.1) is 13.8 Å². The number of carbonyl (C=O) groups is 2. The average molecular weight is 835 g/mol. The Balaban J connectivity index is 0.000000181. The Labute approximate surface area is 364 Å². The van der Waals surface area contributed by atoms with Crippen molar-refractivity contribution in [2.45, 2.75) is 109 Å². The zero-order valence-electron chi connectivity index (χ0n) is 35.1. The second kappa shape index (κ2) is 20.9. The van der Waals surface area contributed by atoms with Crippen LogP contribution in [0.4, 0.5) is 0 Å². The third-order valence-electron chi connectivity index (χ3n) is 11.9. The van der Waals surface area contributed by atoms with Gasteiger partial charge in [-0.1, -0.05) is 72.1 Å². The van der Waals surface area contributed by atoms with Gasteiger partial charge >= 0.3 is 11.9 Å². The Morgan fingerprint density at radius 3 is 1.45 bits per heavy atom. The highest BCUT2D eigenvalue weighted by Gasteiger charge is 2.24. The van der Waals surface area contributed by atoms with Gasteiger partial charge in [-0.15, -0.1) is 0 Å². The summed E-state index contributed by atoms with van der Waals surface area (Å²) in [7, 11) is 2.85. The Bertz CT molecular complexity index is 2260. The zero-order chi connectivity index (χ0) is 41.8. The van der Waals surface area contributed by atoms with E-state index in [-0.39, 0.29) is 11.9 Å². The van der Waals surface area contributed by atoms with Gasteiger partial charge < -0.3 is 9.47 Å². The van der Waals surface area contributed by atoms with Crippen molar-refractivity contribution in [3.05, 3.63) is 177 Å². The first-order chi connectivity index (χ1) is 29.3. The van der Waals surface area contributed by atoms with Crippen molar-refractivity contribution in [2.24, 2.45) is 0 Å². The number of rotatable bonds is 12. The number of methoxy groups -OCH3 is 2. The van der Waals surface area contributed by atoms with E-state index in [0.29, 0.717) is 23.0 Å². The van der Waals surface area contributed by atoms with Crippen molar-refractivity contribution >= 4 is 35.5 Å². The number of ether oxygens (including phenoxy) is 2. The van der Waals surface area contributed by atoms with Crippen LogP contribution in [0.15, 0.2) is 141 Å². The predicted octanol–water partition coefficient (Wildman–Crippen LogP) is 12.8. The summed E-state index contributed by atoms with van der Waals surface area (Å²) >= 11 is 3.69. The lowest BCUT2D eigenvalue weighted by Gasteiger charge is -2.26. The molecule has 6 nitrogen and oxygen atoms in total. The van der Waals surface area contributed by atoms with Gasteiger partial charge in [-0.05, 0) is 183 Å². The van der Waals surface area contributed by atoms with Crippen molar-refractivity contribution in [1.82, 2.24) is 9.97 Å². The minimum Gasteiger partial charge on any atom is -0.465 e. The maximum atomic E-state index is 12.0. The molecule has 2 aliphatic rings. The molecule has 8 rings (SSSR count). The van der Waals surface area contributed by atoms with Crippen molar-refractivity contribution in [1.29, 1.82) is 0 Å². The van der Waals surface area contributed by atoms with E-state index in [0.717, 1.165) is 49.7 Å². The number of pyridine rings is 2. The zero-order valence-corrected chi connectivity index (χ0v) is 36.7. The van der Waals surface area contributed by atoms with E-state index in [2.05, 4.69) is 109 Å². The third kappa shape index (κ3) is 10.8. The molecule has 0 saturated heterocycles. The van der Waals surface area contributed by atoms with Crippen molar-refractivity contribution in [3.63, 3.8) is 0 Å². The normalized spacial score (nSPS) is 15.5. The molecule has 6 aromatic rings. The number of hydrogen-bond acceptors (Lipinski definition) is 8. The van der Waals surface area contributed by atoms with E-state index in [9.17, 15) is 9.59 Å². The van der Waals surface area contributed by atoms with Crippen LogP contribution in [-0.2, 0) is 35.2 Å². The van der Waals surface area contributed by atoms with Gasteiger partial charge in [-0.2, -0.15) is 0 Å². The highest BCUT2D eigenvalue weighted by molar-refractivity contribution is 7.99. The summed E-state index contributed by atoms with van der Waals surface area (Å²) in [5.74, 6) is 0.484. The highest BCUT2D eigenvalue weighted by atomic mass is 32.2. The van der Waals surface area contributed by atoms with E-state index < -0.39 is 0 Å². The largest absolute Gasteiger partial charge is 0.465 e. The molecule has 2 aliphatic carbocycles. The average Bonchev–Trinajstić information content (AvgIpc) is 3.28. The summed E-state index contributed by atoms with van der Waals surface area (Å²) in [6.45, 7) is 4.33. The molecule has 8 heteroatoms. The summed E-state index contributed by atoms with van der Waals surface area (Å²) < 4.78 is 9.85. The number of carbonyl (C=O) groups excluding carboxylic acids is 2. The standard InChI is InChI=1S/2C26H27NO2S/c2*1-18-6-3-4-9-25(18)30-22-12-13-23-19(7-5-8-20(23)16-22)10-11-21-17-27-15-14-24(21)26(28)29-2/h2*3-4,6,9,12-17,19H,5,7-8,10-11H2,1-2H3/t2*19-/m10/s1. The minimum atomic E-state index is -0.283. The maximum Gasteiger partial charge on any atom is 0.338 e. The van der Waals surface area contributed by atoms with E-state index >= 15 is 0 Å². The number of benzene rings is 4. The Morgan fingerprint density at radius 1 is 0.600 bits per heavy atom. The van der Waals surface area contributed by atoms with E-state index in [4.69, 9.17) is 9.47 Å². The second-order valence-corrected chi connectivity index (χ2v) is 18.0. The topological polar surface area (TPSA) is 78.4 Å². The van der Waals surface area contributed by atoms with Crippen LogP contribution in [0.5, 0.6) is 0 Å². The molecule has 0 N–H and O–H groups in total. The summed E-state index contributed by atoms with van der Waals surface area (Å²) in [5, 5.41) is 0. The molecule has 4 aromatic carbocycles. The van der Waals surface area contributed by atoms with Crippen LogP contribution in [0.25, 0.3) is 0 Å². The summed E-state index contributed by atoms with van der Waals surface area (Å²) in [4.78, 5) is 37.8. The monoisotopic (exact) mass is 834 g/mol. The molecule has 308 valence electrons. The molecule has 2 aromatic heterocycles. The molecular weight excluding hydrogens is 781 g/mol. The molecule has 2 heterocycles. The fraction of sp³-hybridized carbons (Fsp3) is 0.308. The van der Waals surface area contributed by atoms with Crippen LogP contribution in [-0.4, -0.2) is 36.1 Å². The predicted molar refractivity (Wildman–Crippen MR) is 243 cm³/mol. The number of aryl methyl sites for hydroxylation is 6. The van der Waals surface area contributed by atoms with Crippen LogP contribution in [0.1, 0.15) is 116 Å². The number of esters is 2. The van der Waals surface area contributed by atoms with Gasteiger partial charge in [0.05, 0.1) is 25.3 Å². The lowest BCUT2D eigenvalue weighted by Crippen LogP contribution is -2.12. The lowest BCUT2D eigenvalue weighted by molar-refractivity contribution is 0.0590. The van der Waals surface area contributed by atoms with Gasteiger partial charge in [0, 0.05) is 44.4 Å². The smallest absolute Gasteiger partial charge is 0.338 e. The molecule has 0 saturated carbocycles. The molecule has 0 amide bonds. The van der Waals surface area contributed by atoms with Gasteiger partial charge in [0.2, 0.25) is 0 Å².